The summed E-state index contributed by atoms with van der Waals surface area (Å²) < 4.78 is 0. The quantitative estimate of drug-likeness (QED) is 0.166. The summed E-state index contributed by atoms with van der Waals surface area (Å²) in [5.74, 6) is -4.23. The van der Waals surface area contributed by atoms with Gasteiger partial charge in [0, 0.05) is 24.7 Å². The Hall–Kier alpha value is -4.26. The van der Waals surface area contributed by atoms with Crippen LogP contribution in [0.1, 0.15) is 24.6 Å². The number of H-pyrrole nitrogens is 1. The fourth-order valence-electron chi connectivity index (χ4n) is 3.14. The number of rotatable bonds is 13. The fourth-order valence-corrected chi connectivity index (χ4v) is 3.14. The third-order valence-electron chi connectivity index (χ3n) is 5.02. The summed E-state index contributed by atoms with van der Waals surface area (Å²) in [4.78, 5) is 67.1. The van der Waals surface area contributed by atoms with Crippen molar-refractivity contribution >= 4 is 29.6 Å². The van der Waals surface area contributed by atoms with E-state index in [1.54, 1.807) is 30.3 Å². The maximum Gasteiger partial charge on any atom is 0.326 e. The zero-order chi connectivity index (χ0) is 26.0. The van der Waals surface area contributed by atoms with Crippen LogP contribution in [0.4, 0.5) is 0 Å². The Bertz CT molecular complexity index is 1030. The van der Waals surface area contributed by atoms with E-state index in [2.05, 4.69) is 25.9 Å². The van der Waals surface area contributed by atoms with Crippen molar-refractivity contribution in [3.63, 3.8) is 0 Å². The number of aromatic amines is 1. The standard InChI is InChI=1S/C22H29N7O6/c1-12(27-20(32)15(23)9-18(24)30)19(31)28-16(7-13-5-3-2-4-6-13)21(33)29-17(22(34)35)8-14-10-25-11-26-14/h2-6,10-12,15-17H,7-9,23H2,1H3,(H2,24,30)(H,25,26)(H,27,32)(H,28,31)(H,29,33)(H,34,35). The first kappa shape index (κ1) is 27.0. The number of benzene rings is 1. The van der Waals surface area contributed by atoms with Gasteiger partial charge in [0.15, 0.2) is 0 Å². The number of primary amides is 1. The molecule has 0 aliphatic carbocycles. The van der Waals surface area contributed by atoms with E-state index in [0.717, 1.165) is 0 Å². The van der Waals surface area contributed by atoms with Gasteiger partial charge < -0.3 is 37.5 Å². The Labute approximate surface area is 201 Å². The normalized spacial score (nSPS) is 14.1. The molecule has 35 heavy (non-hydrogen) atoms. The summed E-state index contributed by atoms with van der Waals surface area (Å²) in [6.07, 6.45) is 2.46. The van der Waals surface area contributed by atoms with Crippen molar-refractivity contribution in [3.8, 4) is 0 Å². The number of aromatic nitrogens is 2. The van der Waals surface area contributed by atoms with Crippen LogP contribution in [0, 0.1) is 0 Å². The lowest BCUT2D eigenvalue weighted by Gasteiger charge is -2.24. The highest BCUT2D eigenvalue weighted by Gasteiger charge is 2.29. The molecule has 188 valence electrons. The molecular weight excluding hydrogens is 458 g/mol. The Morgan fingerprint density at radius 3 is 2.20 bits per heavy atom. The van der Waals surface area contributed by atoms with E-state index in [1.165, 1.54) is 19.4 Å². The first-order valence-electron chi connectivity index (χ1n) is 10.8. The van der Waals surface area contributed by atoms with Gasteiger partial charge >= 0.3 is 5.97 Å². The highest BCUT2D eigenvalue weighted by molar-refractivity contribution is 5.94. The van der Waals surface area contributed by atoms with Gasteiger partial charge in [-0.25, -0.2) is 9.78 Å². The first-order chi connectivity index (χ1) is 16.6. The highest BCUT2D eigenvalue weighted by Crippen LogP contribution is 2.06. The van der Waals surface area contributed by atoms with E-state index in [0.29, 0.717) is 11.3 Å². The van der Waals surface area contributed by atoms with Crippen molar-refractivity contribution in [3.05, 3.63) is 54.1 Å². The number of aliphatic carboxylic acids is 1. The fraction of sp³-hybridized carbons (Fsp3) is 0.364. The van der Waals surface area contributed by atoms with E-state index < -0.39 is 60.2 Å². The summed E-state index contributed by atoms with van der Waals surface area (Å²) in [5, 5.41) is 16.9. The zero-order valence-electron chi connectivity index (χ0n) is 19.1. The molecule has 0 spiro atoms. The molecule has 0 saturated carbocycles. The van der Waals surface area contributed by atoms with E-state index in [9.17, 15) is 29.1 Å². The van der Waals surface area contributed by atoms with Crippen LogP contribution in [0.5, 0.6) is 0 Å². The van der Waals surface area contributed by atoms with Crippen LogP contribution in [0.15, 0.2) is 42.9 Å². The number of imidazole rings is 1. The van der Waals surface area contributed by atoms with Crippen molar-refractivity contribution in [1.82, 2.24) is 25.9 Å². The minimum absolute atomic E-state index is 0.0444. The Morgan fingerprint density at radius 2 is 1.63 bits per heavy atom. The van der Waals surface area contributed by atoms with Gasteiger partial charge in [-0.3, -0.25) is 19.2 Å². The number of carbonyl (C=O) groups excluding carboxylic acids is 4. The molecule has 0 aliphatic heterocycles. The first-order valence-corrected chi connectivity index (χ1v) is 10.8. The lowest BCUT2D eigenvalue weighted by molar-refractivity contribution is -0.142. The monoisotopic (exact) mass is 487 g/mol. The summed E-state index contributed by atoms with van der Waals surface area (Å²) in [6.45, 7) is 1.37. The molecule has 2 rings (SSSR count). The second kappa shape index (κ2) is 12.8. The van der Waals surface area contributed by atoms with Crippen molar-refractivity contribution in [2.75, 3.05) is 0 Å². The van der Waals surface area contributed by atoms with Crippen molar-refractivity contribution in [2.45, 2.75) is 50.4 Å². The number of carboxylic acid groups (broad SMARTS) is 1. The number of nitrogens with zero attached hydrogens (tertiary/aromatic N) is 1. The molecule has 2 aromatic rings. The molecule has 13 nitrogen and oxygen atoms in total. The van der Waals surface area contributed by atoms with Crippen LogP contribution in [-0.4, -0.2) is 68.8 Å². The molecule has 0 saturated heterocycles. The lowest BCUT2D eigenvalue weighted by Crippen LogP contribution is -2.57. The number of nitrogens with one attached hydrogen (secondary N) is 4. The summed E-state index contributed by atoms with van der Waals surface area (Å²) in [7, 11) is 0. The molecule has 0 aliphatic rings. The molecular formula is C22H29N7O6. The molecule has 4 atom stereocenters. The molecule has 9 N–H and O–H groups in total. The maximum atomic E-state index is 13.0. The molecule has 0 bridgehead atoms. The second-order valence-corrected chi connectivity index (χ2v) is 7.94. The van der Waals surface area contributed by atoms with Gasteiger partial charge in [0.2, 0.25) is 23.6 Å². The number of carbonyl (C=O) groups is 5. The van der Waals surface area contributed by atoms with Crippen LogP contribution in [0.25, 0.3) is 0 Å². The van der Waals surface area contributed by atoms with Gasteiger partial charge in [0.1, 0.15) is 18.1 Å². The molecule has 1 heterocycles. The summed E-state index contributed by atoms with van der Waals surface area (Å²) in [6, 6.07) is 4.04. The third kappa shape index (κ3) is 8.89. The largest absolute Gasteiger partial charge is 0.480 e. The Balaban J connectivity index is 2.11. The van der Waals surface area contributed by atoms with Gasteiger partial charge in [-0.05, 0) is 12.5 Å². The lowest BCUT2D eigenvalue weighted by atomic mass is 10.0. The van der Waals surface area contributed by atoms with Gasteiger partial charge in [-0.15, -0.1) is 0 Å². The third-order valence-corrected chi connectivity index (χ3v) is 5.02. The van der Waals surface area contributed by atoms with Crippen molar-refractivity contribution in [2.24, 2.45) is 11.5 Å². The number of hydrogen-bond acceptors (Lipinski definition) is 7. The van der Waals surface area contributed by atoms with E-state index in [-0.39, 0.29) is 12.8 Å². The molecule has 4 amide bonds. The zero-order valence-corrected chi connectivity index (χ0v) is 19.1. The number of hydrogen-bond donors (Lipinski definition) is 7. The van der Waals surface area contributed by atoms with Gasteiger partial charge in [0.25, 0.3) is 0 Å². The minimum Gasteiger partial charge on any atom is -0.480 e. The SMILES string of the molecule is CC(NC(=O)C(N)CC(N)=O)C(=O)NC(Cc1ccccc1)C(=O)NC(Cc1cnc[nH]1)C(=O)O. The van der Waals surface area contributed by atoms with E-state index >= 15 is 0 Å². The minimum atomic E-state index is -1.28. The average Bonchev–Trinajstić information content (AvgIpc) is 3.31. The summed E-state index contributed by atoms with van der Waals surface area (Å²) in [5.41, 5.74) is 11.8. The second-order valence-electron chi connectivity index (χ2n) is 7.94. The molecule has 0 fully saturated rings. The van der Waals surface area contributed by atoms with Crippen molar-refractivity contribution in [1.29, 1.82) is 0 Å². The molecule has 1 aromatic heterocycles. The van der Waals surface area contributed by atoms with Gasteiger partial charge in [-0.1, -0.05) is 30.3 Å². The van der Waals surface area contributed by atoms with Gasteiger partial charge in [0.05, 0.1) is 18.8 Å². The Morgan fingerprint density at radius 1 is 0.971 bits per heavy atom. The topological polar surface area (TPSA) is 222 Å². The van der Waals surface area contributed by atoms with Crippen LogP contribution in [0.2, 0.25) is 0 Å². The predicted octanol–water partition coefficient (Wildman–Crippen LogP) is -2.04. The highest BCUT2D eigenvalue weighted by atomic mass is 16.4. The van der Waals surface area contributed by atoms with Crippen molar-refractivity contribution < 1.29 is 29.1 Å². The molecule has 0 radical (unpaired) electrons. The predicted molar refractivity (Wildman–Crippen MR) is 123 cm³/mol. The van der Waals surface area contributed by atoms with E-state index in [4.69, 9.17) is 11.5 Å². The van der Waals surface area contributed by atoms with Crippen LogP contribution in [0.3, 0.4) is 0 Å². The Kier molecular flexibility index (Phi) is 9.90. The van der Waals surface area contributed by atoms with Gasteiger partial charge in [-0.2, -0.15) is 0 Å². The number of nitrogens with two attached hydrogens (primary N) is 2. The number of carboxylic acids is 1. The summed E-state index contributed by atoms with van der Waals surface area (Å²) >= 11 is 0. The van der Waals surface area contributed by atoms with Crippen LogP contribution >= 0.6 is 0 Å². The molecule has 4 unspecified atom stereocenters. The maximum absolute atomic E-state index is 13.0. The van der Waals surface area contributed by atoms with Crippen LogP contribution in [-0.2, 0) is 36.8 Å². The smallest absolute Gasteiger partial charge is 0.326 e. The average molecular weight is 488 g/mol. The van der Waals surface area contributed by atoms with E-state index in [1.807, 2.05) is 0 Å². The molecule has 1 aromatic carbocycles. The van der Waals surface area contributed by atoms with Crippen LogP contribution < -0.4 is 27.4 Å². The number of amides is 4. The molecule has 13 heteroatoms.